The van der Waals surface area contributed by atoms with Crippen molar-refractivity contribution in [3.8, 4) is 0 Å². The first-order valence-corrected chi connectivity index (χ1v) is 8.92. The van der Waals surface area contributed by atoms with Crippen LogP contribution in [-0.4, -0.2) is 25.4 Å². The normalized spacial score (nSPS) is 32.9. The van der Waals surface area contributed by atoms with E-state index in [2.05, 4.69) is 37.9 Å². The largest absolute Gasteiger partial charge is 0.378 e. The standard InChI is InChI=1S/C13H17Br2NO2S/c14-9-5-10(19-12(9)15)11(16)8-1-3-18-13(6-8)2-4-17-7-13/h5,8,11H,1-4,6-7,16H2. The minimum absolute atomic E-state index is 0.0632. The fraction of sp³-hybridized carbons (Fsp3) is 0.692. The van der Waals surface area contributed by atoms with Gasteiger partial charge in [-0.15, -0.1) is 11.3 Å². The number of rotatable bonds is 2. The van der Waals surface area contributed by atoms with Gasteiger partial charge in [0.1, 0.15) is 0 Å². The number of thiophene rings is 1. The summed E-state index contributed by atoms with van der Waals surface area (Å²) in [4.78, 5) is 1.24. The van der Waals surface area contributed by atoms with Crippen LogP contribution in [0.15, 0.2) is 14.3 Å². The lowest BCUT2D eigenvalue weighted by Crippen LogP contribution is -2.43. The minimum Gasteiger partial charge on any atom is -0.378 e. The third kappa shape index (κ3) is 2.94. The number of hydrogen-bond acceptors (Lipinski definition) is 4. The lowest BCUT2D eigenvalue weighted by Gasteiger charge is -2.39. The van der Waals surface area contributed by atoms with Gasteiger partial charge in [-0.3, -0.25) is 0 Å². The number of nitrogens with two attached hydrogens (primary N) is 1. The second-order valence-corrected chi connectivity index (χ2v) is 8.64. The van der Waals surface area contributed by atoms with Gasteiger partial charge in [-0.1, -0.05) is 0 Å². The van der Waals surface area contributed by atoms with Gasteiger partial charge >= 0.3 is 0 Å². The van der Waals surface area contributed by atoms with Gasteiger partial charge in [0.05, 0.1) is 16.0 Å². The van der Waals surface area contributed by atoms with Crippen molar-refractivity contribution in [2.75, 3.05) is 19.8 Å². The molecule has 2 aliphatic rings. The Morgan fingerprint density at radius 2 is 2.26 bits per heavy atom. The lowest BCUT2D eigenvalue weighted by atomic mass is 9.81. The van der Waals surface area contributed by atoms with Crippen LogP contribution in [0.3, 0.4) is 0 Å². The van der Waals surface area contributed by atoms with Gasteiger partial charge in [-0.05, 0) is 56.7 Å². The van der Waals surface area contributed by atoms with Gasteiger partial charge in [-0.2, -0.15) is 0 Å². The topological polar surface area (TPSA) is 44.5 Å². The first kappa shape index (κ1) is 14.5. The van der Waals surface area contributed by atoms with Crippen LogP contribution in [0, 0.1) is 5.92 Å². The van der Waals surface area contributed by atoms with Gasteiger partial charge in [0, 0.05) is 35.0 Å². The molecule has 2 saturated heterocycles. The summed E-state index contributed by atoms with van der Waals surface area (Å²) in [6.07, 6.45) is 3.06. The molecule has 2 N–H and O–H groups in total. The van der Waals surface area contributed by atoms with Crippen LogP contribution < -0.4 is 5.73 Å². The summed E-state index contributed by atoms with van der Waals surface area (Å²) >= 11 is 8.79. The summed E-state index contributed by atoms with van der Waals surface area (Å²) < 4.78 is 13.7. The molecular formula is C13H17Br2NO2S. The first-order valence-electron chi connectivity index (χ1n) is 6.52. The molecule has 3 nitrogen and oxygen atoms in total. The second-order valence-electron chi connectivity index (χ2n) is 5.38. The zero-order valence-corrected chi connectivity index (χ0v) is 14.5. The van der Waals surface area contributed by atoms with E-state index in [0.717, 1.165) is 47.3 Å². The van der Waals surface area contributed by atoms with Crippen molar-refractivity contribution < 1.29 is 9.47 Å². The van der Waals surface area contributed by atoms with E-state index in [4.69, 9.17) is 15.2 Å². The Labute approximate surface area is 134 Å². The van der Waals surface area contributed by atoms with Crippen LogP contribution in [0.5, 0.6) is 0 Å². The van der Waals surface area contributed by atoms with Crippen LogP contribution in [-0.2, 0) is 9.47 Å². The van der Waals surface area contributed by atoms with Crippen molar-refractivity contribution in [1.29, 1.82) is 0 Å². The molecule has 0 radical (unpaired) electrons. The van der Waals surface area contributed by atoms with Crippen molar-refractivity contribution in [2.45, 2.75) is 30.9 Å². The highest BCUT2D eigenvalue weighted by molar-refractivity contribution is 9.13. The molecule has 6 heteroatoms. The lowest BCUT2D eigenvalue weighted by molar-refractivity contribution is -0.101. The molecule has 0 saturated carbocycles. The molecule has 3 unspecified atom stereocenters. The Morgan fingerprint density at radius 1 is 1.42 bits per heavy atom. The molecule has 1 aromatic heterocycles. The molecule has 1 aromatic rings. The average Bonchev–Trinajstić information content (AvgIpc) is 2.97. The maximum absolute atomic E-state index is 6.48. The maximum Gasteiger partial charge on any atom is 0.0940 e. The van der Waals surface area contributed by atoms with Crippen LogP contribution in [0.25, 0.3) is 0 Å². The van der Waals surface area contributed by atoms with Crippen LogP contribution >= 0.6 is 43.2 Å². The quantitative estimate of drug-likeness (QED) is 0.804. The summed E-state index contributed by atoms with van der Waals surface area (Å²) in [6, 6.07) is 2.22. The fourth-order valence-corrected chi connectivity index (χ4v) is 5.18. The summed E-state index contributed by atoms with van der Waals surface area (Å²) in [7, 11) is 0. The molecular weight excluding hydrogens is 394 g/mol. The molecule has 19 heavy (non-hydrogen) atoms. The Morgan fingerprint density at radius 3 is 2.89 bits per heavy atom. The van der Waals surface area contributed by atoms with Gasteiger partial charge in [0.25, 0.3) is 0 Å². The molecule has 106 valence electrons. The van der Waals surface area contributed by atoms with Crippen molar-refractivity contribution in [3.05, 3.63) is 19.2 Å². The van der Waals surface area contributed by atoms with E-state index >= 15 is 0 Å². The molecule has 0 amide bonds. The van der Waals surface area contributed by atoms with Crippen LogP contribution in [0.2, 0.25) is 0 Å². The van der Waals surface area contributed by atoms with E-state index in [1.165, 1.54) is 4.88 Å². The predicted octanol–water partition coefficient (Wildman–Crippen LogP) is 3.86. The molecule has 3 heterocycles. The van der Waals surface area contributed by atoms with E-state index in [9.17, 15) is 0 Å². The molecule has 3 rings (SSSR count). The fourth-order valence-electron chi connectivity index (χ4n) is 3.00. The monoisotopic (exact) mass is 409 g/mol. The zero-order valence-electron chi connectivity index (χ0n) is 10.5. The highest BCUT2D eigenvalue weighted by Crippen LogP contribution is 2.43. The molecule has 0 aliphatic carbocycles. The van der Waals surface area contributed by atoms with Crippen LogP contribution in [0.1, 0.15) is 30.2 Å². The Kier molecular flexibility index (Phi) is 4.37. The predicted molar refractivity (Wildman–Crippen MR) is 83.5 cm³/mol. The third-order valence-corrected chi connectivity index (χ3v) is 7.46. The Balaban J connectivity index is 1.74. The summed E-state index contributed by atoms with van der Waals surface area (Å²) in [5.74, 6) is 0.480. The summed E-state index contributed by atoms with van der Waals surface area (Å²) in [5.41, 5.74) is 6.41. The summed E-state index contributed by atoms with van der Waals surface area (Å²) in [6.45, 7) is 2.35. The van der Waals surface area contributed by atoms with Crippen molar-refractivity contribution in [3.63, 3.8) is 0 Å². The molecule has 0 aromatic carbocycles. The smallest absolute Gasteiger partial charge is 0.0940 e. The Hall–Kier alpha value is 0.540. The molecule has 3 atom stereocenters. The SMILES string of the molecule is NC(c1cc(Br)c(Br)s1)C1CCOC2(CCOC2)C1. The molecule has 0 bridgehead atoms. The number of hydrogen-bond donors (Lipinski definition) is 1. The third-order valence-electron chi connectivity index (χ3n) is 4.10. The van der Waals surface area contributed by atoms with Crippen LogP contribution in [0.4, 0.5) is 0 Å². The van der Waals surface area contributed by atoms with E-state index in [0.29, 0.717) is 5.92 Å². The summed E-state index contributed by atoms with van der Waals surface area (Å²) in [5, 5.41) is 0. The zero-order chi connectivity index (χ0) is 13.5. The maximum atomic E-state index is 6.48. The van der Waals surface area contributed by atoms with Gasteiger partial charge in [0.2, 0.25) is 0 Å². The number of halogens is 2. The Bertz CT molecular complexity index is 440. The van der Waals surface area contributed by atoms with Gasteiger partial charge < -0.3 is 15.2 Å². The minimum atomic E-state index is -0.0632. The van der Waals surface area contributed by atoms with E-state index in [-0.39, 0.29) is 11.6 Å². The van der Waals surface area contributed by atoms with Crippen molar-refractivity contribution >= 4 is 43.2 Å². The first-order chi connectivity index (χ1) is 9.10. The average molecular weight is 411 g/mol. The second kappa shape index (κ2) is 5.73. The molecule has 2 aliphatic heterocycles. The number of ether oxygens (including phenoxy) is 2. The molecule has 1 spiro atoms. The van der Waals surface area contributed by atoms with Gasteiger partial charge in [-0.25, -0.2) is 0 Å². The van der Waals surface area contributed by atoms with E-state index in [1.54, 1.807) is 11.3 Å². The van der Waals surface area contributed by atoms with Gasteiger partial charge in [0.15, 0.2) is 0 Å². The highest BCUT2D eigenvalue weighted by atomic mass is 79.9. The van der Waals surface area contributed by atoms with Crippen molar-refractivity contribution in [2.24, 2.45) is 11.7 Å². The van der Waals surface area contributed by atoms with E-state index in [1.807, 2.05) is 0 Å². The van der Waals surface area contributed by atoms with E-state index < -0.39 is 0 Å². The highest BCUT2D eigenvalue weighted by Gasteiger charge is 2.42. The van der Waals surface area contributed by atoms with Crippen molar-refractivity contribution in [1.82, 2.24) is 0 Å². The molecule has 2 fully saturated rings.